The summed E-state index contributed by atoms with van der Waals surface area (Å²) in [6.07, 6.45) is 0. The molecule has 8 aromatic carbocycles. The van der Waals surface area contributed by atoms with Crippen LogP contribution in [0.3, 0.4) is 0 Å². The average Bonchev–Trinajstić information content (AvgIpc) is 3.83. The molecule has 3 aromatic heterocycles. The highest BCUT2D eigenvalue weighted by atomic mass is 32.1. The number of para-hydroxylation sites is 2. The molecule has 0 aliphatic heterocycles. The summed E-state index contributed by atoms with van der Waals surface area (Å²) in [6.45, 7) is 0. The predicted octanol–water partition coefficient (Wildman–Crippen LogP) is 13.7. The van der Waals surface area contributed by atoms with Crippen LogP contribution in [0.2, 0.25) is 0 Å². The largest absolute Gasteiger partial charge is 0.308 e. The van der Waals surface area contributed by atoms with Crippen LogP contribution >= 0.6 is 11.3 Å². The van der Waals surface area contributed by atoms with Crippen molar-refractivity contribution in [1.29, 1.82) is 0 Å². The van der Waals surface area contributed by atoms with Gasteiger partial charge in [-0.3, -0.25) is 0 Å². The molecule has 0 aliphatic rings. The zero-order valence-corrected chi connectivity index (χ0v) is 31.0. The Hall–Kier alpha value is -7.21. The lowest BCUT2D eigenvalue weighted by atomic mass is 9.97. The van der Waals surface area contributed by atoms with Crippen molar-refractivity contribution in [1.82, 2.24) is 19.5 Å². The van der Waals surface area contributed by atoms with Crippen molar-refractivity contribution in [2.45, 2.75) is 0 Å². The molecule has 0 spiro atoms. The smallest absolute Gasteiger partial charge is 0.166 e. The fraction of sp³-hybridized carbons (Fsp3) is 0. The molecule has 0 bridgehead atoms. The minimum absolute atomic E-state index is 0.621. The molecule has 4 nitrogen and oxygen atoms in total. The highest BCUT2D eigenvalue weighted by Gasteiger charge is 2.22. The van der Waals surface area contributed by atoms with Crippen molar-refractivity contribution < 1.29 is 0 Å². The molecular formula is C51H32N4S. The molecule has 0 saturated heterocycles. The lowest BCUT2D eigenvalue weighted by molar-refractivity contribution is 1.06. The third-order valence-electron chi connectivity index (χ3n) is 10.7. The molecule has 0 unspecified atom stereocenters. The van der Waals surface area contributed by atoms with Crippen molar-refractivity contribution in [2.24, 2.45) is 0 Å². The van der Waals surface area contributed by atoms with Gasteiger partial charge in [-0.15, -0.1) is 11.3 Å². The Balaban J connectivity index is 1.15. The maximum atomic E-state index is 5.23. The van der Waals surface area contributed by atoms with Crippen LogP contribution in [0.4, 0.5) is 0 Å². The van der Waals surface area contributed by atoms with E-state index in [0.29, 0.717) is 17.5 Å². The van der Waals surface area contributed by atoms with E-state index in [1.807, 2.05) is 35.6 Å². The highest BCUT2D eigenvalue weighted by molar-refractivity contribution is 7.26. The zero-order chi connectivity index (χ0) is 37.0. The van der Waals surface area contributed by atoms with Gasteiger partial charge in [0, 0.05) is 47.6 Å². The van der Waals surface area contributed by atoms with Crippen molar-refractivity contribution >= 4 is 53.3 Å². The number of fused-ring (bicyclic) bond motifs is 7. The van der Waals surface area contributed by atoms with Crippen LogP contribution in [0.5, 0.6) is 0 Å². The van der Waals surface area contributed by atoms with E-state index < -0.39 is 0 Å². The Kier molecular flexibility index (Phi) is 7.64. The quantitative estimate of drug-likeness (QED) is 0.171. The maximum Gasteiger partial charge on any atom is 0.166 e. The molecule has 11 aromatic rings. The van der Waals surface area contributed by atoms with Crippen LogP contribution in [0.25, 0.3) is 104 Å². The van der Waals surface area contributed by atoms with E-state index >= 15 is 0 Å². The monoisotopic (exact) mass is 732 g/mol. The topological polar surface area (TPSA) is 43.6 Å². The second kappa shape index (κ2) is 13.3. The summed E-state index contributed by atoms with van der Waals surface area (Å²) in [5.74, 6) is 1.89. The molecule has 0 atom stereocenters. The Bertz CT molecular complexity index is 3220. The van der Waals surface area contributed by atoms with Crippen LogP contribution in [0, 0.1) is 0 Å². The van der Waals surface area contributed by atoms with E-state index in [9.17, 15) is 0 Å². The predicted molar refractivity (Wildman–Crippen MR) is 234 cm³/mol. The van der Waals surface area contributed by atoms with Gasteiger partial charge in [-0.25, -0.2) is 15.0 Å². The Morgan fingerprint density at radius 2 is 0.857 bits per heavy atom. The maximum absolute atomic E-state index is 5.23. The summed E-state index contributed by atoms with van der Waals surface area (Å²) < 4.78 is 4.96. The molecule has 56 heavy (non-hydrogen) atoms. The molecule has 0 amide bonds. The third-order valence-corrected chi connectivity index (χ3v) is 11.8. The molecule has 0 saturated carbocycles. The second-order valence-corrected chi connectivity index (χ2v) is 15.0. The summed E-state index contributed by atoms with van der Waals surface area (Å²) in [7, 11) is 0. The standard InChI is InChI=1S/C51H32N4S/c1-4-15-33(16-5-1)34-27-29-37(30-28-34)50-52-49(36-19-8-3-9-20-36)53-51(54-50)40-22-11-13-25-42(40)55-41-24-12-10-21-39(41)46-43(55)31-32-45-48(46)47-38(23-14-26-44(47)56-45)35-17-6-2-7-18-35/h1-32H. The Morgan fingerprint density at radius 1 is 0.321 bits per heavy atom. The van der Waals surface area contributed by atoms with Crippen LogP contribution in [0.15, 0.2) is 194 Å². The van der Waals surface area contributed by atoms with Gasteiger partial charge < -0.3 is 4.57 Å². The number of nitrogens with zero attached hydrogens (tertiary/aromatic N) is 4. The van der Waals surface area contributed by atoms with E-state index in [-0.39, 0.29) is 0 Å². The van der Waals surface area contributed by atoms with Gasteiger partial charge in [0.05, 0.1) is 16.7 Å². The number of benzene rings is 8. The molecule has 0 fully saturated rings. The minimum atomic E-state index is 0.621. The number of aromatic nitrogens is 4. The fourth-order valence-corrected chi connectivity index (χ4v) is 9.27. The minimum Gasteiger partial charge on any atom is -0.308 e. The molecular weight excluding hydrogens is 701 g/mol. The normalized spacial score (nSPS) is 11.6. The Labute approximate surface area is 327 Å². The van der Waals surface area contributed by atoms with Crippen molar-refractivity contribution in [3.05, 3.63) is 194 Å². The van der Waals surface area contributed by atoms with E-state index in [1.54, 1.807) is 0 Å². The van der Waals surface area contributed by atoms with Crippen LogP contribution < -0.4 is 0 Å². The average molecular weight is 733 g/mol. The molecule has 11 rings (SSSR count). The molecule has 0 N–H and O–H groups in total. The van der Waals surface area contributed by atoms with Gasteiger partial charge in [-0.2, -0.15) is 0 Å². The van der Waals surface area contributed by atoms with Gasteiger partial charge >= 0.3 is 0 Å². The molecule has 0 radical (unpaired) electrons. The van der Waals surface area contributed by atoms with Crippen molar-refractivity contribution in [3.8, 4) is 62.1 Å². The highest BCUT2D eigenvalue weighted by Crippen LogP contribution is 2.47. The number of rotatable bonds is 6. The number of thiophene rings is 1. The van der Waals surface area contributed by atoms with E-state index in [0.717, 1.165) is 39.0 Å². The van der Waals surface area contributed by atoms with Gasteiger partial charge in [0.25, 0.3) is 0 Å². The zero-order valence-electron chi connectivity index (χ0n) is 30.2. The summed E-state index contributed by atoms with van der Waals surface area (Å²) >= 11 is 1.86. The van der Waals surface area contributed by atoms with Crippen molar-refractivity contribution in [2.75, 3.05) is 0 Å². The first-order chi connectivity index (χ1) is 27.8. The van der Waals surface area contributed by atoms with Crippen LogP contribution in [-0.4, -0.2) is 19.5 Å². The lowest BCUT2D eigenvalue weighted by Gasteiger charge is -2.14. The summed E-state index contributed by atoms with van der Waals surface area (Å²) in [5.41, 5.74) is 10.9. The third kappa shape index (κ3) is 5.32. The van der Waals surface area contributed by atoms with Gasteiger partial charge in [0.1, 0.15) is 0 Å². The first-order valence-corrected chi connectivity index (χ1v) is 19.6. The summed E-state index contributed by atoms with van der Waals surface area (Å²) in [5, 5.41) is 5.06. The van der Waals surface area contributed by atoms with E-state index in [2.05, 4.69) is 174 Å². The number of hydrogen-bond donors (Lipinski definition) is 0. The summed E-state index contributed by atoms with van der Waals surface area (Å²) in [6, 6.07) is 68.4. The van der Waals surface area contributed by atoms with E-state index in [1.165, 1.54) is 47.6 Å². The number of hydrogen-bond acceptors (Lipinski definition) is 4. The van der Waals surface area contributed by atoms with Gasteiger partial charge in [0.2, 0.25) is 0 Å². The molecule has 0 aliphatic carbocycles. The van der Waals surface area contributed by atoms with Crippen molar-refractivity contribution in [3.63, 3.8) is 0 Å². The first kappa shape index (κ1) is 32.2. The fourth-order valence-electron chi connectivity index (χ4n) is 8.13. The molecule has 262 valence electrons. The van der Waals surface area contributed by atoms with Crippen LogP contribution in [0.1, 0.15) is 0 Å². The lowest BCUT2D eigenvalue weighted by Crippen LogP contribution is -2.03. The summed E-state index contributed by atoms with van der Waals surface area (Å²) in [4.78, 5) is 15.5. The first-order valence-electron chi connectivity index (χ1n) is 18.8. The Morgan fingerprint density at radius 3 is 1.61 bits per heavy atom. The van der Waals surface area contributed by atoms with Gasteiger partial charge in [0.15, 0.2) is 17.5 Å². The van der Waals surface area contributed by atoms with Crippen LogP contribution in [-0.2, 0) is 0 Å². The van der Waals surface area contributed by atoms with Gasteiger partial charge in [-0.05, 0) is 58.7 Å². The van der Waals surface area contributed by atoms with E-state index in [4.69, 9.17) is 15.0 Å². The molecule has 5 heteroatoms. The SMILES string of the molecule is c1ccc(-c2ccc(-c3nc(-c4ccccc4)nc(-c4ccccc4-n4c5ccccc5c5c6c(ccc54)sc4cccc(-c5ccccc5)c46)n3)cc2)cc1. The second-order valence-electron chi connectivity index (χ2n) is 14.0. The van der Waals surface area contributed by atoms with Gasteiger partial charge in [-0.1, -0.05) is 158 Å². The molecule has 3 heterocycles.